The Balaban J connectivity index is 2.50. The molecule has 0 unspecified atom stereocenters. The molecule has 1 rings (SSSR count). The highest BCUT2D eigenvalue weighted by atomic mass is 16.6. The Bertz CT molecular complexity index is 228. The summed E-state index contributed by atoms with van der Waals surface area (Å²) in [6.45, 7) is 5.59. The third kappa shape index (κ3) is 3.36. The molecule has 4 nitrogen and oxygen atoms in total. The maximum absolute atomic E-state index is 11.6. The van der Waals surface area contributed by atoms with Gasteiger partial charge in [-0.05, 0) is 33.6 Å². The van der Waals surface area contributed by atoms with Crippen molar-refractivity contribution in [3.63, 3.8) is 0 Å². The first kappa shape index (κ1) is 11.0. The fraction of sp³-hybridized carbons (Fsp3) is 0.800. The van der Waals surface area contributed by atoms with E-state index in [1.165, 1.54) is 4.90 Å². The summed E-state index contributed by atoms with van der Waals surface area (Å²) in [6.07, 6.45) is 2.31. The average Bonchev–Trinajstić information content (AvgIpc) is 2.78. The minimum Gasteiger partial charge on any atom is -0.444 e. The molecule has 0 atom stereocenters. The van der Waals surface area contributed by atoms with Gasteiger partial charge < -0.3 is 9.53 Å². The second kappa shape index (κ2) is 3.98. The molecule has 0 aliphatic heterocycles. The summed E-state index contributed by atoms with van der Waals surface area (Å²) >= 11 is 0. The third-order valence-electron chi connectivity index (χ3n) is 1.89. The fourth-order valence-electron chi connectivity index (χ4n) is 1.16. The summed E-state index contributed by atoms with van der Waals surface area (Å²) in [5.41, 5.74) is -0.493. The number of nitrogens with zero attached hydrogens (tertiary/aromatic N) is 1. The molecule has 0 heterocycles. The number of hydrogen-bond donors (Lipinski definition) is 0. The zero-order valence-electron chi connectivity index (χ0n) is 8.95. The number of aldehydes is 1. The lowest BCUT2D eigenvalue weighted by atomic mass is 10.2. The summed E-state index contributed by atoms with van der Waals surface area (Å²) in [5.74, 6) is 0. The van der Waals surface area contributed by atoms with Gasteiger partial charge in [-0.3, -0.25) is 4.90 Å². The predicted molar refractivity (Wildman–Crippen MR) is 52.0 cm³/mol. The van der Waals surface area contributed by atoms with Crippen LogP contribution in [-0.4, -0.2) is 35.5 Å². The van der Waals surface area contributed by atoms with Gasteiger partial charge in [0.05, 0.1) is 6.54 Å². The van der Waals surface area contributed by atoms with Gasteiger partial charge in [-0.1, -0.05) is 0 Å². The van der Waals surface area contributed by atoms with E-state index in [4.69, 9.17) is 4.74 Å². The normalized spacial score (nSPS) is 16.2. The van der Waals surface area contributed by atoms with Gasteiger partial charge in [0.2, 0.25) is 0 Å². The number of hydrogen-bond acceptors (Lipinski definition) is 3. The van der Waals surface area contributed by atoms with Crippen molar-refractivity contribution in [2.45, 2.75) is 45.3 Å². The van der Waals surface area contributed by atoms with E-state index < -0.39 is 5.60 Å². The van der Waals surface area contributed by atoms with E-state index in [0.29, 0.717) is 0 Å². The van der Waals surface area contributed by atoms with E-state index in [1.807, 2.05) is 20.8 Å². The lowest BCUT2D eigenvalue weighted by Crippen LogP contribution is -2.39. The van der Waals surface area contributed by atoms with E-state index in [-0.39, 0.29) is 18.7 Å². The molecule has 0 saturated heterocycles. The number of ether oxygens (including phenoxy) is 1. The van der Waals surface area contributed by atoms with Crippen molar-refractivity contribution in [1.29, 1.82) is 0 Å². The summed E-state index contributed by atoms with van der Waals surface area (Å²) in [7, 11) is 0. The minimum atomic E-state index is -0.493. The zero-order chi connectivity index (χ0) is 10.8. The second-order valence-electron chi connectivity index (χ2n) is 4.53. The van der Waals surface area contributed by atoms with Crippen LogP contribution in [0.2, 0.25) is 0 Å². The van der Waals surface area contributed by atoms with Crippen molar-refractivity contribution in [3.8, 4) is 0 Å². The molecule has 1 aliphatic rings. The minimum absolute atomic E-state index is 0.138. The molecule has 0 aromatic carbocycles. The molecule has 1 fully saturated rings. The van der Waals surface area contributed by atoms with Gasteiger partial charge in [0, 0.05) is 6.04 Å². The van der Waals surface area contributed by atoms with E-state index in [0.717, 1.165) is 19.1 Å². The van der Waals surface area contributed by atoms with Gasteiger partial charge in [-0.2, -0.15) is 0 Å². The quantitative estimate of drug-likeness (QED) is 0.648. The lowest BCUT2D eigenvalue weighted by Gasteiger charge is -2.25. The fourth-order valence-corrected chi connectivity index (χ4v) is 1.16. The van der Waals surface area contributed by atoms with Crippen molar-refractivity contribution < 1.29 is 14.3 Å². The van der Waals surface area contributed by atoms with Crippen LogP contribution in [0.15, 0.2) is 0 Å². The summed E-state index contributed by atoms with van der Waals surface area (Å²) < 4.78 is 5.18. The third-order valence-corrected chi connectivity index (χ3v) is 1.89. The molecule has 1 saturated carbocycles. The molecule has 4 heteroatoms. The molecular formula is C10H17NO3. The summed E-state index contributed by atoms with van der Waals surface area (Å²) in [4.78, 5) is 23.4. The smallest absolute Gasteiger partial charge is 0.410 e. The molecule has 0 N–H and O–H groups in total. The maximum Gasteiger partial charge on any atom is 0.410 e. The number of carbonyl (C=O) groups excluding carboxylic acids is 2. The Kier molecular flexibility index (Phi) is 3.13. The molecule has 0 aromatic heterocycles. The molecule has 1 amide bonds. The Labute approximate surface area is 84.2 Å². The van der Waals surface area contributed by atoms with Gasteiger partial charge in [-0.25, -0.2) is 4.79 Å². The first-order chi connectivity index (χ1) is 6.44. The van der Waals surface area contributed by atoms with E-state index >= 15 is 0 Å². The van der Waals surface area contributed by atoms with Gasteiger partial charge in [0.15, 0.2) is 0 Å². The highest BCUT2D eigenvalue weighted by molar-refractivity contribution is 5.72. The van der Waals surface area contributed by atoms with Gasteiger partial charge in [0.25, 0.3) is 0 Å². The first-order valence-corrected chi connectivity index (χ1v) is 4.87. The Morgan fingerprint density at radius 1 is 1.50 bits per heavy atom. The lowest BCUT2D eigenvalue weighted by molar-refractivity contribution is -0.109. The average molecular weight is 199 g/mol. The Morgan fingerprint density at radius 2 is 2.07 bits per heavy atom. The van der Waals surface area contributed by atoms with Crippen LogP contribution in [-0.2, 0) is 9.53 Å². The van der Waals surface area contributed by atoms with Crippen LogP contribution < -0.4 is 0 Å². The van der Waals surface area contributed by atoms with Crippen molar-refractivity contribution in [1.82, 2.24) is 4.90 Å². The van der Waals surface area contributed by atoms with Crippen molar-refractivity contribution >= 4 is 12.4 Å². The van der Waals surface area contributed by atoms with Crippen LogP contribution in [0.3, 0.4) is 0 Å². The largest absolute Gasteiger partial charge is 0.444 e. The molecule has 80 valence electrons. The van der Waals surface area contributed by atoms with Crippen molar-refractivity contribution in [3.05, 3.63) is 0 Å². The molecule has 0 spiro atoms. The highest BCUT2D eigenvalue weighted by Gasteiger charge is 2.34. The van der Waals surface area contributed by atoms with Crippen LogP contribution in [0, 0.1) is 0 Å². The van der Waals surface area contributed by atoms with Crippen LogP contribution >= 0.6 is 0 Å². The van der Waals surface area contributed by atoms with Crippen LogP contribution in [0.5, 0.6) is 0 Å². The maximum atomic E-state index is 11.6. The van der Waals surface area contributed by atoms with Gasteiger partial charge in [0.1, 0.15) is 11.9 Å². The number of carbonyl (C=O) groups is 2. The van der Waals surface area contributed by atoms with Gasteiger partial charge >= 0.3 is 6.09 Å². The molecule has 14 heavy (non-hydrogen) atoms. The summed E-state index contributed by atoms with van der Waals surface area (Å²) in [6, 6.07) is 0.218. The molecule has 1 aliphatic carbocycles. The van der Waals surface area contributed by atoms with Crippen LogP contribution in [0.4, 0.5) is 4.79 Å². The SMILES string of the molecule is CC(C)(C)OC(=O)N(CC=O)C1CC1. The highest BCUT2D eigenvalue weighted by Crippen LogP contribution is 2.27. The number of rotatable bonds is 3. The predicted octanol–water partition coefficient (Wildman–Crippen LogP) is 1.58. The van der Waals surface area contributed by atoms with E-state index in [2.05, 4.69) is 0 Å². The first-order valence-electron chi connectivity index (χ1n) is 4.87. The molecular weight excluding hydrogens is 182 g/mol. The number of amides is 1. The monoisotopic (exact) mass is 199 g/mol. The van der Waals surface area contributed by atoms with E-state index in [9.17, 15) is 9.59 Å². The molecule has 0 bridgehead atoms. The second-order valence-corrected chi connectivity index (χ2v) is 4.53. The topological polar surface area (TPSA) is 46.6 Å². The Hall–Kier alpha value is -1.06. The van der Waals surface area contributed by atoms with Crippen molar-refractivity contribution in [2.75, 3.05) is 6.54 Å². The van der Waals surface area contributed by atoms with E-state index in [1.54, 1.807) is 0 Å². The summed E-state index contributed by atoms with van der Waals surface area (Å²) in [5, 5.41) is 0. The van der Waals surface area contributed by atoms with Crippen LogP contribution in [0.1, 0.15) is 33.6 Å². The van der Waals surface area contributed by atoms with Gasteiger partial charge in [-0.15, -0.1) is 0 Å². The molecule has 0 aromatic rings. The standard InChI is InChI=1S/C10H17NO3/c1-10(2,3)14-9(13)11(6-7-12)8-4-5-8/h7-8H,4-6H2,1-3H3. The molecule has 0 radical (unpaired) electrons. The van der Waals surface area contributed by atoms with Crippen LogP contribution in [0.25, 0.3) is 0 Å². The zero-order valence-corrected chi connectivity index (χ0v) is 8.95. The Morgan fingerprint density at radius 3 is 2.43 bits per heavy atom. The van der Waals surface area contributed by atoms with Crippen molar-refractivity contribution in [2.24, 2.45) is 0 Å².